The van der Waals surface area contributed by atoms with Crippen molar-refractivity contribution in [1.29, 1.82) is 0 Å². The molecule has 0 amide bonds. The van der Waals surface area contributed by atoms with Gasteiger partial charge in [0.25, 0.3) is 0 Å². The molecule has 1 saturated heterocycles. The zero-order valence-corrected chi connectivity index (χ0v) is 11.7. The molecule has 1 atom stereocenters. The van der Waals surface area contributed by atoms with Crippen LogP contribution in [0.4, 0.5) is 0 Å². The number of piperidine rings is 1. The van der Waals surface area contributed by atoms with E-state index in [9.17, 15) is 4.57 Å². The lowest BCUT2D eigenvalue weighted by Gasteiger charge is -2.36. The fourth-order valence-electron chi connectivity index (χ4n) is 2.32. The maximum atomic E-state index is 10.9. The van der Waals surface area contributed by atoms with Crippen LogP contribution in [0.1, 0.15) is 39.5 Å². The monoisotopic (exact) mass is 263 g/mol. The minimum atomic E-state index is -2.54. The van der Waals surface area contributed by atoms with Gasteiger partial charge in [-0.3, -0.25) is 0 Å². The van der Waals surface area contributed by atoms with E-state index in [1.807, 2.05) is 13.8 Å². The van der Waals surface area contributed by atoms with Crippen molar-refractivity contribution in [3.63, 3.8) is 0 Å². The molecule has 1 unspecified atom stereocenters. The van der Waals surface area contributed by atoms with Crippen molar-refractivity contribution >= 4 is 8.25 Å². The van der Waals surface area contributed by atoms with Crippen LogP contribution in [0.15, 0.2) is 0 Å². The van der Waals surface area contributed by atoms with Gasteiger partial charge in [0.1, 0.15) is 5.60 Å². The Kier molecular flexibility index (Phi) is 5.97. The predicted octanol–water partition coefficient (Wildman–Crippen LogP) is 1.63. The molecule has 5 nitrogen and oxygen atoms in total. The van der Waals surface area contributed by atoms with Gasteiger partial charge in [-0.2, -0.15) is 0 Å². The highest BCUT2D eigenvalue weighted by Crippen LogP contribution is 2.33. The zero-order chi connectivity index (χ0) is 12.9. The lowest BCUT2D eigenvalue weighted by molar-refractivity contribution is 0.0115. The van der Waals surface area contributed by atoms with Crippen molar-refractivity contribution in [3.05, 3.63) is 0 Å². The van der Waals surface area contributed by atoms with E-state index in [-0.39, 0.29) is 0 Å². The normalized spacial score (nSPS) is 20.6. The van der Waals surface area contributed by atoms with E-state index < -0.39 is 13.9 Å². The highest BCUT2D eigenvalue weighted by Gasteiger charge is 2.39. The van der Waals surface area contributed by atoms with Crippen LogP contribution in [0.25, 0.3) is 0 Å². The quantitative estimate of drug-likeness (QED) is 0.712. The average Bonchev–Trinajstić information content (AvgIpc) is 2.30. The van der Waals surface area contributed by atoms with E-state index in [4.69, 9.17) is 15.2 Å². The van der Waals surface area contributed by atoms with Crippen LogP contribution in [0.2, 0.25) is 0 Å². The van der Waals surface area contributed by atoms with Crippen molar-refractivity contribution in [2.75, 3.05) is 19.6 Å². The van der Waals surface area contributed by atoms with E-state index in [1.54, 1.807) is 0 Å². The fourth-order valence-corrected chi connectivity index (χ4v) is 2.96. The molecule has 1 fully saturated rings. The van der Waals surface area contributed by atoms with E-state index in [0.29, 0.717) is 12.6 Å². The Morgan fingerprint density at radius 1 is 1.41 bits per heavy atom. The number of hydrogen-bond acceptors (Lipinski definition) is 4. The third kappa shape index (κ3) is 4.60. The molecule has 3 N–H and O–H groups in total. The first-order valence-corrected chi connectivity index (χ1v) is 7.47. The molecule has 17 heavy (non-hydrogen) atoms. The minimum Gasteiger partial charge on any atom is -0.328 e. The molecular formula is C11H24N2O3P+. The molecule has 0 aromatic heterocycles. The molecule has 1 aliphatic heterocycles. The van der Waals surface area contributed by atoms with Gasteiger partial charge >= 0.3 is 8.25 Å². The molecule has 1 rings (SSSR count). The van der Waals surface area contributed by atoms with Crippen LogP contribution in [0, 0.1) is 0 Å². The molecule has 0 saturated carbocycles. The molecule has 6 heteroatoms. The summed E-state index contributed by atoms with van der Waals surface area (Å²) in [5, 5.41) is 0. The Balaban J connectivity index is 2.56. The van der Waals surface area contributed by atoms with Crippen LogP contribution in [-0.4, -0.2) is 41.1 Å². The van der Waals surface area contributed by atoms with Crippen LogP contribution in [0.5, 0.6) is 0 Å². The Hall–Kier alpha value is -0.0600. The summed E-state index contributed by atoms with van der Waals surface area (Å²) in [5.41, 5.74) is 5.37. The van der Waals surface area contributed by atoms with Gasteiger partial charge in [0, 0.05) is 17.2 Å². The summed E-state index contributed by atoms with van der Waals surface area (Å²) in [6.07, 6.45) is 3.48. The predicted molar refractivity (Wildman–Crippen MR) is 67.9 cm³/mol. The lowest BCUT2D eigenvalue weighted by atomic mass is 9.95. The molecule has 1 heterocycles. The number of nitrogens with two attached hydrogens (primary N) is 1. The third-order valence-electron chi connectivity index (χ3n) is 3.70. The molecule has 0 aliphatic carbocycles. The second kappa shape index (κ2) is 6.76. The number of hydrogen-bond donors (Lipinski definition) is 2. The molecule has 0 aromatic rings. The first kappa shape index (κ1) is 15.0. The van der Waals surface area contributed by atoms with Crippen molar-refractivity contribution in [1.82, 2.24) is 4.90 Å². The van der Waals surface area contributed by atoms with Gasteiger partial charge in [-0.1, -0.05) is 13.8 Å². The Labute approximate surface area is 104 Å². The van der Waals surface area contributed by atoms with Crippen molar-refractivity contribution in [2.24, 2.45) is 5.73 Å². The van der Waals surface area contributed by atoms with E-state index >= 15 is 0 Å². The van der Waals surface area contributed by atoms with Gasteiger partial charge in [-0.15, -0.1) is 9.42 Å². The Morgan fingerprint density at radius 3 is 2.35 bits per heavy atom. The molecule has 100 valence electrons. The van der Waals surface area contributed by atoms with Crippen LogP contribution >= 0.6 is 8.25 Å². The van der Waals surface area contributed by atoms with E-state index in [2.05, 4.69) is 4.90 Å². The van der Waals surface area contributed by atoms with Crippen molar-refractivity contribution < 1.29 is 14.0 Å². The lowest BCUT2D eigenvalue weighted by Crippen LogP contribution is -2.48. The maximum Gasteiger partial charge on any atom is 0.695 e. The van der Waals surface area contributed by atoms with E-state index in [0.717, 1.165) is 38.8 Å². The summed E-state index contributed by atoms with van der Waals surface area (Å²) in [4.78, 5) is 11.3. The highest BCUT2D eigenvalue weighted by atomic mass is 31.1. The molecule has 0 bridgehead atoms. The molecule has 1 aliphatic rings. The molecule has 0 radical (unpaired) electrons. The SMILES string of the molecule is CCC(CC)(CN1CCC(N)CC1)O[P+](=O)O. The first-order chi connectivity index (χ1) is 8.01. The van der Waals surface area contributed by atoms with E-state index in [1.165, 1.54) is 0 Å². The largest absolute Gasteiger partial charge is 0.695 e. The van der Waals surface area contributed by atoms with Gasteiger partial charge in [-0.05, 0) is 38.8 Å². The number of rotatable bonds is 6. The standard InChI is InChI=1S/C11H23N2O3P/c1-3-11(4-2,16-17(14)15)9-13-7-5-10(12)6-8-13/h10H,3-9,12H2,1-2H3/p+1. The average molecular weight is 263 g/mol. The van der Waals surface area contributed by atoms with Gasteiger partial charge in [0.05, 0.1) is 0 Å². The summed E-state index contributed by atoms with van der Waals surface area (Å²) < 4.78 is 16.2. The fraction of sp³-hybridized carbons (Fsp3) is 1.00. The van der Waals surface area contributed by atoms with Crippen molar-refractivity contribution in [2.45, 2.75) is 51.2 Å². The second-order valence-electron chi connectivity index (χ2n) is 4.83. The minimum absolute atomic E-state index is 0.305. The summed E-state index contributed by atoms with van der Waals surface area (Å²) in [7, 11) is -2.54. The van der Waals surface area contributed by atoms with Crippen molar-refractivity contribution in [3.8, 4) is 0 Å². The molecule has 0 spiro atoms. The van der Waals surface area contributed by atoms with Crippen LogP contribution < -0.4 is 5.73 Å². The summed E-state index contributed by atoms with van der Waals surface area (Å²) >= 11 is 0. The Bertz CT molecular complexity index is 251. The topological polar surface area (TPSA) is 75.8 Å². The van der Waals surface area contributed by atoms with Crippen LogP contribution in [0.3, 0.4) is 0 Å². The van der Waals surface area contributed by atoms with Gasteiger partial charge in [-0.25, -0.2) is 0 Å². The smallest absolute Gasteiger partial charge is 0.328 e. The number of nitrogens with zero attached hydrogens (tertiary/aromatic N) is 1. The molecule has 0 aromatic carbocycles. The third-order valence-corrected chi connectivity index (χ3v) is 4.25. The highest BCUT2D eigenvalue weighted by molar-refractivity contribution is 7.32. The Morgan fingerprint density at radius 2 is 1.94 bits per heavy atom. The van der Waals surface area contributed by atoms with Gasteiger partial charge in [0.15, 0.2) is 0 Å². The molecular weight excluding hydrogens is 239 g/mol. The number of likely N-dealkylation sites (tertiary alicyclic amines) is 1. The van der Waals surface area contributed by atoms with Gasteiger partial charge < -0.3 is 10.6 Å². The maximum absolute atomic E-state index is 10.9. The first-order valence-electron chi connectivity index (χ1n) is 6.34. The zero-order valence-electron chi connectivity index (χ0n) is 10.8. The summed E-state index contributed by atoms with van der Waals surface area (Å²) in [6, 6.07) is 0.305. The van der Waals surface area contributed by atoms with Crippen LogP contribution in [-0.2, 0) is 9.09 Å². The summed E-state index contributed by atoms with van der Waals surface area (Å²) in [6.45, 7) is 6.62. The van der Waals surface area contributed by atoms with Gasteiger partial charge in [0.2, 0.25) is 0 Å². The second-order valence-corrected chi connectivity index (χ2v) is 5.49. The summed E-state index contributed by atoms with van der Waals surface area (Å²) in [5.74, 6) is 0.